The van der Waals surface area contributed by atoms with Gasteiger partial charge < -0.3 is 4.40 Å². The van der Waals surface area contributed by atoms with Crippen LogP contribution in [0.2, 0.25) is 5.02 Å². The summed E-state index contributed by atoms with van der Waals surface area (Å²) >= 11 is 5.88. The third-order valence-electron chi connectivity index (χ3n) is 2.56. The molecule has 84 valence electrons. The van der Waals surface area contributed by atoms with E-state index in [4.69, 9.17) is 11.6 Å². The molecule has 2 heterocycles. The SMILES string of the molecule is Fc1ccccc1-c1cn2cc(Cl)ccc2n1. The van der Waals surface area contributed by atoms with Crippen molar-refractivity contribution in [2.75, 3.05) is 0 Å². The van der Waals surface area contributed by atoms with Crippen molar-refractivity contribution in [3.8, 4) is 11.3 Å². The molecule has 3 rings (SSSR count). The summed E-state index contributed by atoms with van der Waals surface area (Å²) in [6.07, 6.45) is 3.51. The van der Waals surface area contributed by atoms with E-state index in [1.807, 2.05) is 0 Å². The summed E-state index contributed by atoms with van der Waals surface area (Å²) in [5.74, 6) is -0.276. The third kappa shape index (κ3) is 1.78. The first kappa shape index (κ1) is 10.3. The first-order chi connectivity index (χ1) is 8.24. The Morgan fingerprint density at radius 1 is 1.06 bits per heavy atom. The van der Waals surface area contributed by atoms with Gasteiger partial charge in [0.2, 0.25) is 0 Å². The molecule has 0 unspecified atom stereocenters. The highest BCUT2D eigenvalue weighted by molar-refractivity contribution is 6.30. The van der Waals surface area contributed by atoms with Crippen molar-refractivity contribution < 1.29 is 4.39 Å². The van der Waals surface area contributed by atoms with E-state index in [1.165, 1.54) is 6.07 Å². The van der Waals surface area contributed by atoms with Gasteiger partial charge in [-0.1, -0.05) is 23.7 Å². The van der Waals surface area contributed by atoms with Crippen molar-refractivity contribution >= 4 is 17.2 Å². The standard InChI is InChI=1S/C13H8ClFN2/c14-9-5-6-13-16-12(8-17(13)7-9)10-3-1-2-4-11(10)15/h1-8H. The molecule has 4 heteroatoms. The van der Waals surface area contributed by atoms with Gasteiger partial charge in [-0.25, -0.2) is 9.37 Å². The zero-order valence-corrected chi connectivity index (χ0v) is 9.53. The van der Waals surface area contributed by atoms with Crippen LogP contribution in [0.15, 0.2) is 48.8 Å². The summed E-state index contributed by atoms with van der Waals surface area (Å²) in [4.78, 5) is 4.35. The minimum Gasteiger partial charge on any atom is -0.305 e. The summed E-state index contributed by atoms with van der Waals surface area (Å²) in [5.41, 5.74) is 1.84. The normalized spacial score (nSPS) is 10.9. The smallest absolute Gasteiger partial charge is 0.137 e. The molecule has 0 spiro atoms. The molecule has 0 saturated heterocycles. The predicted molar refractivity (Wildman–Crippen MR) is 65.6 cm³/mol. The number of hydrogen-bond acceptors (Lipinski definition) is 1. The second-order valence-electron chi connectivity index (χ2n) is 3.72. The fourth-order valence-electron chi connectivity index (χ4n) is 1.76. The Kier molecular flexibility index (Phi) is 2.34. The molecule has 2 aromatic heterocycles. The first-order valence-electron chi connectivity index (χ1n) is 5.13. The molecule has 1 aromatic carbocycles. The van der Waals surface area contributed by atoms with Gasteiger partial charge in [-0.05, 0) is 24.3 Å². The van der Waals surface area contributed by atoms with Crippen LogP contribution >= 0.6 is 11.6 Å². The van der Waals surface area contributed by atoms with Gasteiger partial charge in [0, 0.05) is 18.0 Å². The molecular weight excluding hydrogens is 239 g/mol. The highest BCUT2D eigenvalue weighted by atomic mass is 35.5. The lowest BCUT2D eigenvalue weighted by Gasteiger charge is -1.96. The van der Waals surface area contributed by atoms with Gasteiger partial charge in [0.1, 0.15) is 11.5 Å². The van der Waals surface area contributed by atoms with Crippen LogP contribution < -0.4 is 0 Å². The number of rotatable bonds is 1. The van der Waals surface area contributed by atoms with Crippen molar-refractivity contribution in [1.29, 1.82) is 0 Å². The molecule has 0 bridgehead atoms. The third-order valence-corrected chi connectivity index (χ3v) is 2.79. The predicted octanol–water partition coefficient (Wildman–Crippen LogP) is 3.79. The number of aromatic nitrogens is 2. The molecule has 0 amide bonds. The molecule has 0 aliphatic rings. The molecular formula is C13H8ClFN2. The van der Waals surface area contributed by atoms with Gasteiger partial charge in [-0.15, -0.1) is 0 Å². The van der Waals surface area contributed by atoms with E-state index < -0.39 is 0 Å². The van der Waals surface area contributed by atoms with Crippen LogP contribution in [0.1, 0.15) is 0 Å². The van der Waals surface area contributed by atoms with Crippen LogP contribution in [0.5, 0.6) is 0 Å². The molecule has 0 saturated carbocycles. The van der Waals surface area contributed by atoms with E-state index in [1.54, 1.807) is 47.1 Å². The number of pyridine rings is 1. The maximum absolute atomic E-state index is 13.6. The molecule has 2 nitrogen and oxygen atoms in total. The summed E-state index contributed by atoms with van der Waals surface area (Å²) in [6, 6.07) is 10.1. The van der Waals surface area contributed by atoms with Crippen LogP contribution in [0.25, 0.3) is 16.9 Å². The molecule has 0 radical (unpaired) electrons. The molecule has 0 fully saturated rings. The summed E-state index contributed by atoms with van der Waals surface area (Å²) in [5, 5.41) is 0.620. The quantitative estimate of drug-likeness (QED) is 0.639. The lowest BCUT2D eigenvalue weighted by molar-refractivity contribution is 0.631. The van der Waals surface area contributed by atoms with Gasteiger partial charge in [0.15, 0.2) is 0 Å². The highest BCUT2D eigenvalue weighted by Crippen LogP contribution is 2.22. The van der Waals surface area contributed by atoms with Gasteiger partial charge in [0.05, 0.1) is 10.7 Å². The van der Waals surface area contributed by atoms with Crippen LogP contribution in [-0.4, -0.2) is 9.38 Å². The number of benzene rings is 1. The zero-order chi connectivity index (χ0) is 11.8. The Balaban J connectivity index is 2.22. The molecule has 17 heavy (non-hydrogen) atoms. The number of halogens is 2. The second kappa shape index (κ2) is 3.86. The van der Waals surface area contributed by atoms with Crippen molar-refractivity contribution in [2.45, 2.75) is 0 Å². The molecule has 0 atom stereocenters. The Labute approximate surface area is 102 Å². The lowest BCUT2D eigenvalue weighted by Crippen LogP contribution is -1.82. The van der Waals surface area contributed by atoms with Gasteiger partial charge in [-0.2, -0.15) is 0 Å². The topological polar surface area (TPSA) is 17.3 Å². The number of hydrogen-bond donors (Lipinski definition) is 0. The zero-order valence-electron chi connectivity index (χ0n) is 8.77. The van der Waals surface area contributed by atoms with E-state index in [9.17, 15) is 4.39 Å². The number of fused-ring (bicyclic) bond motifs is 1. The summed E-state index contributed by atoms with van der Waals surface area (Å²) < 4.78 is 15.4. The fourth-order valence-corrected chi connectivity index (χ4v) is 1.93. The summed E-state index contributed by atoms with van der Waals surface area (Å²) in [7, 11) is 0. The minimum atomic E-state index is -0.276. The Morgan fingerprint density at radius 3 is 2.71 bits per heavy atom. The Morgan fingerprint density at radius 2 is 1.88 bits per heavy atom. The van der Waals surface area contributed by atoms with E-state index in [-0.39, 0.29) is 5.82 Å². The summed E-state index contributed by atoms with van der Waals surface area (Å²) in [6.45, 7) is 0. The largest absolute Gasteiger partial charge is 0.305 e. The van der Waals surface area contributed by atoms with E-state index >= 15 is 0 Å². The molecule has 0 aliphatic heterocycles. The molecule has 0 aliphatic carbocycles. The first-order valence-corrected chi connectivity index (χ1v) is 5.51. The minimum absolute atomic E-state index is 0.276. The van der Waals surface area contributed by atoms with Crippen molar-refractivity contribution in [3.05, 3.63) is 59.6 Å². The van der Waals surface area contributed by atoms with Crippen LogP contribution in [0.4, 0.5) is 4.39 Å². The van der Waals surface area contributed by atoms with Crippen molar-refractivity contribution in [3.63, 3.8) is 0 Å². The fraction of sp³-hybridized carbons (Fsp3) is 0. The van der Waals surface area contributed by atoms with Gasteiger partial charge in [-0.3, -0.25) is 0 Å². The van der Waals surface area contributed by atoms with Gasteiger partial charge >= 0.3 is 0 Å². The average molecular weight is 247 g/mol. The Hall–Kier alpha value is -1.87. The van der Waals surface area contributed by atoms with Crippen molar-refractivity contribution in [1.82, 2.24) is 9.38 Å². The van der Waals surface area contributed by atoms with E-state index in [0.29, 0.717) is 16.3 Å². The maximum atomic E-state index is 13.6. The maximum Gasteiger partial charge on any atom is 0.137 e. The monoisotopic (exact) mass is 246 g/mol. The van der Waals surface area contributed by atoms with E-state index in [0.717, 1.165) is 5.65 Å². The van der Waals surface area contributed by atoms with Crippen LogP contribution in [0, 0.1) is 5.82 Å². The lowest BCUT2D eigenvalue weighted by atomic mass is 10.1. The second-order valence-corrected chi connectivity index (χ2v) is 4.16. The van der Waals surface area contributed by atoms with Crippen LogP contribution in [-0.2, 0) is 0 Å². The highest BCUT2D eigenvalue weighted by Gasteiger charge is 2.08. The average Bonchev–Trinajstić information content (AvgIpc) is 2.72. The van der Waals surface area contributed by atoms with Gasteiger partial charge in [0.25, 0.3) is 0 Å². The Bertz CT molecular complexity index is 691. The van der Waals surface area contributed by atoms with Crippen LogP contribution in [0.3, 0.4) is 0 Å². The molecule has 3 aromatic rings. The number of nitrogens with zero attached hydrogens (tertiary/aromatic N) is 2. The number of imidazole rings is 1. The van der Waals surface area contributed by atoms with Crippen molar-refractivity contribution in [2.24, 2.45) is 0 Å². The molecule has 0 N–H and O–H groups in total. The van der Waals surface area contributed by atoms with E-state index in [2.05, 4.69) is 4.98 Å².